The van der Waals surface area contributed by atoms with Gasteiger partial charge in [0, 0.05) is 13.1 Å². The van der Waals surface area contributed by atoms with Crippen LogP contribution in [0.4, 0.5) is 4.79 Å². The van der Waals surface area contributed by atoms with Crippen LogP contribution in [0.2, 0.25) is 0 Å². The normalized spacial score (nSPS) is 16.7. The fraction of sp³-hybridized carbons (Fsp3) is 0.241. The van der Waals surface area contributed by atoms with Crippen molar-refractivity contribution in [3.05, 3.63) is 101 Å². The number of rotatable bonds is 9. The molecule has 3 aromatic rings. The molecule has 1 saturated heterocycles. The third-order valence-corrected chi connectivity index (χ3v) is 6.44. The maximum Gasteiger partial charge on any atom is 0.325 e. The van der Waals surface area contributed by atoms with E-state index in [0.29, 0.717) is 30.8 Å². The standard InChI is InChI=1S/C29H28N4O4/c1-3-32(18-22-11-15-25(16-12-22)37-20-23-7-5-4-6-8-23)26(34)19-33-27(35)29(2,31-28(33)36)24-13-9-21(17-30)10-14-24/h4-16H,3,18-20H2,1-2H3,(H,31,36). The average molecular weight is 497 g/mol. The van der Waals surface area contributed by atoms with Crippen LogP contribution < -0.4 is 10.1 Å². The molecule has 0 aromatic heterocycles. The second-order valence-corrected chi connectivity index (χ2v) is 8.96. The molecule has 37 heavy (non-hydrogen) atoms. The summed E-state index contributed by atoms with van der Waals surface area (Å²) in [5.41, 5.74) is 1.66. The Hall–Kier alpha value is -4.64. The van der Waals surface area contributed by atoms with Gasteiger partial charge in [-0.3, -0.25) is 14.5 Å². The molecule has 4 amide bonds. The van der Waals surface area contributed by atoms with Gasteiger partial charge in [0.25, 0.3) is 5.91 Å². The molecule has 3 aromatic carbocycles. The first-order chi connectivity index (χ1) is 17.8. The van der Waals surface area contributed by atoms with Gasteiger partial charge in [-0.05, 0) is 54.8 Å². The zero-order valence-corrected chi connectivity index (χ0v) is 20.8. The number of amides is 4. The molecule has 188 valence electrons. The molecule has 1 heterocycles. The molecular formula is C29H28N4O4. The number of carbonyl (C=O) groups excluding carboxylic acids is 3. The van der Waals surface area contributed by atoms with Crippen LogP contribution in [0.25, 0.3) is 0 Å². The summed E-state index contributed by atoms with van der Waals surface area (Å²) in [6.07, 6.45) is 0. The minimum absolute atomic E-state index is 0.334. The number of hydrogen-bond acceptors (Lipinski definition) is 5. The van der Waals surface area contributed by atoms with Crippen molar-refractivity contribution in [3.63, 3.8) is 0 Å². The van der Waals surface area contributed by atoms with Gasteiger partial charge in [0.15, 0.2) is 0 Å². The first-order valence-corrected chi connectivity index (χ1v) is 12.0. The number of imide groups is 1. The smallest absolute Gasteiger partial charge is 0.325 e. The lowest BCUT2D eigenvalue weighted by Crippen LogP contribution is -2.44. The Labute approximate surface area is 216 Å². The highest BCUT2D eigenvalue weighted by Crippen LogP contribution is 2.29. The lowest BCUT2D eigenvalue weighted by molar-refractivity contribution is -0.139. The monoisotopic (exact) mass is 496 g/mol. The van der Waals surface area contributed by atoms with Crippen molar-refractivity contribution in [2.75, 3.05) is 13.1 Å². The molecule has 1 unspecified atom stereocenters. The molecule has 1 aliphatic heterocycles. The quantitative estimate of drug-likeness (QED) is 0.452. The molecule has 1 N–H and O–H groups in total. The van der Waals surface area contributed by atoms with Crippen LogP contribution in [-0.2, 0) is 28.3 Å². The second kappa shape index (κ2) is 11.0. The lowest BCUT2D eigenvalue weighted by Gasteiger charge is -2.25. The summed E-state index contributed by atoms with van der Waals surface area (Å²) in [5, 5.41) is 11.7. The fourth-order valence-corrected chi connectivity index (χ4v) is 4.18. The summed E-state index contributed by atoms with van der Waals surface area (Å²) >= 11 is 0. The van der Waals surface area contributed by atoms with E-state index >= 15 is 0 Å². The number of benzene rings is 3. The predicted octanol–water partition coefficient (Wildman–Crippen LogP) is 3.95. The molecule has 0 saturated carbocycles. The van der Waals surface area contributed by atoms with Crippen molar-refractivity contribution < 1.29 is 19.1 Å². The Bertz CT molecular complexity index is 1320. The van der Waals surface area contributed by atoms with E-state index in [2.05, 4.69) is 5.32 Å². The van der Waals surface area contributed by atoms with E-state index in [0.717, 1.165) is 21.8 Å². The van der Waals surface area contributed by atoms with E-state index < -0.39 is 17.5 Å². The van der Waals surface area contributed by atoms with E-state index in [1.807, 2.05) is 67.6 Å². The van der Waals surface area contributed by atoms with Crippen molar-refractivity contribution in [2.24, 2.45) is 0 Å². The van der Waals surface area contributed by atoms with Gasteiger partial charge in [0.1, 0.15) is 24.4 Å². The molecule has 1 aliphatic rings. The second-order valence-electron chi connectivity index (χ2n) is 8.96. The highest BCUT2D eigenvalue weighted by atomic mass is 16.5. The molecular weight excluding hydrogens is 468 g/mol. The summed E-state index contributed by atoms with van der Waals surface area (Å²) in [7, 11) is 0. The van der Waals surface area contributed by atoms with Gasteiger partial charge in [0.05, 0.1) is 11.6 Å². The van der Waals surface area contributed by atoms with Gasteiger partial charge in [-0.15, -0.1) is 0 Å². The van der Waals surface area contributed by atoms with Crippen LogP contribution in [0.1, 0.15) is 36.1 Å². The Morgan fingerprint density at radius 1 is 1.00 bits per heavy atom. The van der Waals surface area contributed by atoms with E-state index in [4.69, 9.17) is 10.00 Å². The van der Waals surface area contributed by atoms with Crippen molar-refractivity contribution >= 4 is 17.8 Å². The summed E-state index contributed by atoms with van der Waals surface area (Å²) in [5.74, 6) is -0.116. The van der Waals surface area contributed by atoms with Gasteiger partial charge in [-0.2, -0.15) is 5.26 Å². The van der Waals surface area contributed by atoms with Crippen molar-refractivity contribution in [1.82, 2.24) is 15.1 Å². The Balaban J connectivity index is 1.37. The Morgan fingerprint density at radius 3 is 2.30 bits per heavy atom. The SMILES string of the molecule is CCN(Cc1ccc(OCc2ccccc2)cc1)C(=O)CN1C(=O)NC(C)(c2ccc(C#N)cc2)C1=O. The van der Waals surface area contributed by atoms with Crippen LogP contribution in [0, 0.1) is 11.3 Å². The number of likely N-dealkylation sites (N-methyl/N-ethyl adjacent to an activating group) is 1. The van der Waals surface area contributed by atoms with Crippen LogP contribution in [0.3, 0.4) is 0 Å². The number of hydrogen-bond donors (Lipinski definition) is 1. The molecule has 0 spiro atoms. The van der Waals surface area contributed by atoms with Crippen molar-refractivity contribution in [1.29, 1.82) is 5.26 Å². The third kappa shape index (κ3) is 5.62. The zero-order valence-electron chi connectivity index (χ0n) is 20.8. The van der Waals surface area contributed by atoms with Gasteiger partial charge >= 0.3 is 6.03 Å². The third-order valence-electron chi connectivity index (χ3n) is 6.44. The van der Waals surface area contributed by atoms with Gasteiger partial charge in [-0.1, -0.05) is 54.6 Å². The van der Waals surface area contributed by atoms with Crippen LogP contribution in [0.15, 0.2) is 78.9 Å². The fourth-order valence-electron chi connectivity index (χ4n) is 4.18. The Kier molecular flexibility index (Phi) is 7.54. The van der Waals surface area contributed by atoms with Gasteiger partial charge in [-0.25, -0.2) is 4.79 Å². The van der Waals surface area contributed by atoms with E-state index in [-0.39, 0.29) is 12.5 Å². The highest BCUT2D eigenvalue weighted by Gasteiger charge is 2.49. The predicted molar refractivity (Wildman–Crippen MR) is 137 cm³/mol. The van der Waals surface area contributed by atoms with E-state index in [1.165, 1.54) is 0 Å². The highest BCUT2D eigenvalue weighted by molar-refractivity contribution is 6.09. The molecule has 0 aliphatic carbocycles. The van der Waals surface area contributed by atoms with Crippen LogP contribution in [0.5, 0.6) is 5.75 Å². The summed E-state index contributed by atoms with van der Waals surface area (Å²) < 4.78 is 5.82. The first kappa shape index (κ1) is 25.5. The molecule has 4 rings (SSSR count). The summed E-state index contributed by atoms with van der Waals surface area (Å²) in [6, 6.07) is 25.2. The van der Waals surface area contributed by atoms with Crippen molar-refractivity contribution in [3.8, 4) is 11.8 Å². The Morgan fingerprint density at radius 2 is 1.68 bits per heavy atom. The first-order valence-electron chi connectivity index (χ1n) is 12.0. The minimum atomic E-state index is -1.31. The number of nitrogens with zero attached hydrogens (tertiary/aromatic N) is 3. The number of nitriles is 1. The lowest BCUT2D eigenvalue weighted by atomic mass is 9.91. The van der Waals surface area contributed by atoms with E-state index in [1.54, 1.807) is 36.1 Å². The minimum Gasteiger partial charge on any atom is -0.489 e. The number of urea groups is 1. The maximum absolute atomic E-state index is 13.2. The van der Waals surface area contributed by atoms with Gasteiger partial charge in [0.2, 0.25) is 5.91 Å². The van der Waals surface area contributed by atoms with Crippen LogP contribution >= 0.6 is 0 Å². The number of nitrogens with one attached hydrogen (secondary N) is 1. The largest absolute Gasteiger partial charge is 0.489 e. The van der Waals surface area contributed by atoms with Gasteiger partial charge < -0.3 is 15.0 Å². The van der Waals surface area contributed by atoms with E-state index in [9.17, 15) is 14.4 Å². The summed E-state index contributed by atoms with van der Waals surface area (Å²) in [4.78, 5) is 41.5. The molecule has 8 heteroatoms. The number of ether oxygens (including phenoxy) is 1. The molecule has 0 radical (unpaired) electrons. The summed E-state index contributed by atoms with van der Waals surface area (Å²) in [6.45, 7) is 4.31. The maximum atomic E-state index is 13.2. The number of carbonyl (C=O) groups is 3. The average Bonchev–Trinajstić information content (AvgIpc) is 3.15. The van der Waals surface area contributed by atoms with Crippen molar-refractivity contribution in [2.45, 2.75) is 32.5 Å². The molecule has 1 fully saturated rings. The molecule has 8 nitrogen and oxygen atoms in total. The molecule has 0 bridgehead atoms. The molecule has 1 atom stereocenters. The zero-order chi connectivity index (χ0) is 26.4. The topological polar surface area (TPSA) is 103 Å². The van der Waals surface area contributed by atoms with Crippen LogP contribution in [-0.4, -0.2) is 40.7 Å².